The number of hydrogen-bond acceptors (Lipinski definition) is 2. The third-order valence-electron chi connectivity index (χ3n) is 0. The minimum absolute atomic E-state index is 0.250. The Bertz CT molecular complexity index is 21.3. The van der Waals surface area contributed by atoms with E-state index in [0.717, 1.165) is 0 Å². The summed E-state index contributed by atoms with van der Waals surface area (Å²) >= 11 is -0.368. The summed E-state index contributed by atoms with van der Waals surface area (Å²) in [6.45, 7) is 3.86. The van der Waals surface area contributed by atoms with Crippen molar-refractivity contribution in [3.05, 3.63) is 0 Å². The van der Waals surface area contributed by atoms with Gasteiger partial charge >= 0.3 is 34.1 Å². The van der Waals surface area contributed by atoms with Crippen molar-refractivity contribution in [2.45, 2.75) is 13.8 Å². The molecule has 0 atom stereocenters. The van der Waals surface area contributed by atoms with Crippen LogP contribution in [0.1, 0.15) is 13.8 Å². The van der Waals surface area contributed by atoms with Gasteiger partial charge in [-0.3, -0.25) is 0 Å². The van der Waals surface area contributed by atoms with Crippen LogP contribution in [0.2, 0.25) is 0 Å². The summed E-state index contributed by atoms with van der Waals surface area (Å²) < 4.78 is 0. The van der Waals surface area contributed by atoms with Gasteiger partial charge in [-0.05, 0) is 13.8 Å². The van der Waals surface area contributed by atoms with E-state index in [4.69, 9.17) is 29.9 Å². The van der Waals surface area contributed by atoms with Crippen molar-refractivity contribution in [1.29, 1.82) is 0 Å². The van der Waals surface area contributed by atoms with Gasteiger partial charge in [-0.1, -0.05) is 0 Å². The zero-order valence-corrected chi connectivity index (χ0v) is 8.42. The summed E-state index contributed by atoms with van der Waals surface area (Å²) in [6, 6.07) is 0. The predicted molar refractivity (Wildman–Crippen MR) is 37.2 cm³/mol. The number of aliphatic hydroxyl groups is 2. The number of halogens is 2. The van der Waals surface area contributed by atoms with Crippen LogP contribution in [-0.4, -0.2) is 23.4 Å². The van der Waals surface area contributed by atoms with Crippen molar-refractivity contribution in [1.82, 2.24) is 0 Å². The third kappa shape index (κ3) is 388. The first-order chi connectivity index (χ1) is 4.24. The number of hydrogen-bond donors (Lipinski definition) is 2. The Labute approximate surface area is 71.4 Å². The zero-order valence-electron chi connectivity index (χ0n) is 5.51. The van der Waals surface area contributed by atoms with Crippen LogP contribution in [0.4, 0.5) is 0 Å². The first kappa shape index (κ1) is 16.6. The number of aliphatic hydroxyl groups excluding tert-OH is 2. The van der Waals surface area contributed by atoms with Crippen molar-refractivity contribution in [2.75, 3.05) is 13.2 Å². The van der Waals surface area contributed by atoms with Crippen LogP contribution < -0.4 is 0 Å². The van der Waals surface area contributed by atoms with E-state index >= 15 is 0 Å². The summed E-state index contributed by atoms with van der Waals surface area (Å²) in [5, 5.41) is 15.1. The summed E-state index contributed by atoms with van der Waals surface area (Å²) in [5.41, 5.74) is 0. The van der Waals surface area contributed by atoms with Gasteiger partial charge in [-0.25, -0.2) is 0 Å². The molecule has 2 N–H and O–H groups in total. The Kier molecular flexibility index (Phi) is 65.6. The average Bonchev–Trinajstić information content (AvgIpc) is 1.70. The molecule has 0 aliphatic rings. The normalized spacial score (nSPS) is 5.56. The van der Waals surface area contributed by atoms with Gasteiger partial charge in [-0.2, -0.15) is 0 Å². The van der Waals surface area contributed by atoms with E-state index < -0.39 is 0 Å². The average molecular weight is 214 g/mol. The Morgan fingerprint density at radius 2 is 1.11 bits per heavy atom. The molecule has 0 aromatic heterocycles. The van der Waals surface area contributed by atoms with E-state index in [0.29, 0.717) is 0 Å². The second-order valence-corrected chi connectivity index (χ2v) is 3.00. The standard InChI is InChI=1S/2C2H6O.2ClH.V/c2*1-2-3;;;/h2*3H,2H2,1H3;2*1H;/q;;;;+2/p-2. The van der Waals surface area contributed by atoms with Crippen LogP contribution in [0.5, 0.6) is 0 Å². The number of rotatable bonds is 0. The first-order valence-electron chi connectivity index (χ1n) is 2.38. The summed E-state index contributed by atoms with van der Waals surface area (Å²) in [6.07, 6.45) is 0. The van der Waals surface area contributed by atoms with E-state index in [1.807, 2.05) is 0 Å². The molecule has 0 aromatic carbocycles. The van der Waals surface area contributed by atoms with E-state index in [2.05, 4.69) is 0 Å². The van der Waals surface area contributed by atoms with Crippen LogP contribution in [-0.2, 0) is 14.4 Å². The van der Waals surface area contributed by atoms with Crippen molar-refractivity contribution in [3.63, 3.8) is 0 Å². The van der Waals surface area contributed by atoms with Crippen molar-refractivity contribution in [3.8, 4) is 0 Å². The van der Waals surface area contributed by atoms with Crippen molar-refractivity contribution in [2.24, 2.45) is 0 Å². The minimum atomic E-state index is -0.368. The molecular formula is C4H12Cl2O2V. The van der Waals surface area contributed by atoms with Gasteiger partial charge in [0.25, 0.3) is 0 Å². The molecule has 0 heterocycles. The molecule has 0 aromatic rings. The van der Waals surface area contributed by atoms with Gasteiger partial charge < -0.3 is 10.2 Å². The molecule has 0 amide bonds. The summed E-state index contributed by atoms with van der Waals surface area (Å²) in [7, 11) is 9.72. The van der Waals surface area contributed by atoms with Gasteiger partial charge in [0.2, 0.25) is 0 Å². The second-order valence-electron chi connectivity index (χ2n) is 0.696. The fourth-order valence-corrected chi connectivity index (χ4v) is 0. The van der Waals surface area contributed by atoms with E-state index in [1.165, 1.54) is 0 Å². The fraction of sp³-hybridized carbons (Fsp3) is 1.00. The molecule has 0 bridgehead atoms. The molecule has 9 heavy (non-hydrogen) atoms. The van der Waals surface area contributed by atoms with Crippen molar-refractivity contribution < 1.29 is 24.6 Å². The van der Waals surface area contributed by atoms with E-state index in [9.17, 15) is 0 Å². The van der Waals surface area contributed by atoms with Crippen LogP contribution in [0, 0.1) is 0 Å². The monoisotopic (exact) mass is 213 g/mol. The topological polar surface area (TPSA) is 40.5 Å². The molecular weight excluding hydrogens is 202 g/mol. The van der Waals surface area contributed by atoms with Gasteiger partial charge in [0, 0.05) is 13.2 Å². The Morgan fingerprint density at radius 3 is 1.11 bits per heavy atom. The molecule has 0 unspecified atom stereocenters. The van der Waals surface area contributed by atoms with Crippen molar-refractivity contribution >= 4 is 19.7 Å². The third-order valence-corrected chi connectivity index (χ3v) is 0. The molecule has 0 aliphatic heterocycles. The quantitative estimate of drug-likeness (QED) is 0.639. The Morgan fingerprint density at radius 1 is 1.11 bits per heavy atom. The van der Waals surface area contributed by atoms with Crippen LogP contribution >= 0.6 is 19.7 Å². The predicted octanol–water partition coefficient (Wildman–Crippen LogP) is 1.37. The molecule has 0 aliphatic carbocycles. The fourth-order valence-electron chi connectivity index (χ4n) is 0. The maximum atomic E-state index is 7.57. The molecule has 0 fully saturated rings. The molecule has 0 rings (SSSR count). The molecule has 5 heteroatoms. The van der Waals surface area contributed by atoms with Gasteiger partial charge in [-0.15, -0.1) is 0 Å². The van der Waals surface area contributed by atoms with Gasteiger partial charge in [0.1, 0.15) is 0 Å². The van der Waals surface area contributed by atoms with Crippen LogP contribution in [0.3, 0.4) is 0 Å². The van der Waals surface area contributed by atoms with Gasteiger partial charge in [0.15, 0.2) is 0 Å². The molecule has 0 spiro atoms. The molecule has 59 valence electrons. The Hall–Kier alpha value is 1.08. The molecule has 0 saturated heterocycles. The molecule has 0 radical (unpaired) electrons. The van der Waals surface area contributed by atoms with Crippen LogP contribution in [0.25, 0.3) is 0 Å². The second kappa shape index (κ2) is 35.6. The zero-order chi connectivity index (χ0) is 8.12. The van der Waals surface area contributed by atoms with Gasteiger partial charge in [0.05, 0.1) is 0 Å². The molecule has 0 saturated carbocycles. The van der Waals surface area contributed by atoms with Crippen LogP contribution in [0.15, 0.2) is 0 Å². The summed E-state index contributed by atoms with van der Waals surface area (Å²) in [5.74, 6) is 0. The summed E-state index contributed by atoms with van der Waals surface area (Å²) in [4.78, 5) is 0. The first-order valence-corrected chi connectivity index (χ1v) is 6.23. The van der Waals surface area contributed by atoms with E-state index in [1.54, 1.807) is 13.8 Å². The Balaban J connectivity index is -0.0000000600. The maximum absolute atomic E-state index is 7.57. The molecule has 2 nitrogen and oxygen atoms in total. The van der Waals surface area contributed by atoms with E-state index in [-0.39, 0.29) is 27.6 Å². The SMILES string of the molecule is CCO.CCO.[Cl][V][Cl].